The molecule has 0 aliphatic rings. The van der Waals surface area contributed by atoms with Crippen molar-refractivity contribution < 1.29 is 13.2 Å². The van der Waals surface area contributed by atoms with Gasteiger partial charge in [-0.25, -0.2) is 9.97 Å². The summed E-state index contributed by atoms with van der Waals surface area (Å²) < 4.78 is 38.8. The third-order valence-corrected chi connectivity index (χ3v) is 4.06. The molecule has 3 rings (SSSR count). The number of hydrogen-bond acceptors (Lipinski definition) is 5. The van der Waals surface area contributed by atoms with Crippen LogP contribution in [0.5, 0.6) is 0 Å². The molecule has 0 spiro atoms. The number of alkyl halides is 3. The average molecular weight is 366 g/mol. The minimum atomic E-state index is -4.58. The Kier molecular flexibility index (Phi) is 3.87. The van der Waals surface area contributed by atoms with Crippen LogP contribution >= 0.6 is 35.0 Å². The molecule has 0 aromatic carbocycles. The Morgan fingerprint density at radius 1 is 1.14 bits per heavy atom. The lowest BCUT2D eigenvalue weighted by Crippen LogP contribution is -2.09. The molecule has 22 heavy (non-hydrogen) atoms. The zero-order valence-electron chi connectivity index (χ0n) is 10.3. The smallest absolute Gasteiger partial charge is 0.312 e. The molecule has 0 aliphatic carbocycles. The van der Waals surface area contributed by atoms with Crippen LogP contribution in [0.4, 0.5) is 13.2 Å². The largest absolute Gasteiger partial charge is 0.434 e. The van der Waals surface area contributed by atoms with Crippen molar-refractivity contribution in [3.05, 3.63) is 34.5 Å². The Morgan fingerprint density at radius 3 is 2.64 bits per heavy atom. The number of pyridine rings is 1. The maximum absolute atomic E-state index is 12.9. The van der Waals surface area contributed by atoms with Crippen LogP contribution in [-0.4, -0.2) is 24.9 Å². The van der Waals surface area contributed by atoms with Gasteiger partial charge in [0.2, 0.25) is 5.28 Å². The van der Waals surface area contributed by atoms with E-state index in [4.69, 9.17) is 23.2 Å². The fraction of sp³-hybridized carbons (Fsp3) is 0.0909. The summed E-state index contributed by atoms with van der Waals surface area (Å²) in [5.41, 5.74) is -0.603. The Hall–Kier alpha value is -1.58. The highest BCUT2D eigenvalue weighted by Gasteiger charge is 2.35. The van der Waals surface area contributed by atoms with Crippen molar-refractivity contribution in [3.8, 4) is 0 Å². The molecule has 0 fully saturated rings. The normalized spacial score (nSPS) is 12.0. The quantitative estimate of drug-likeness (QED) is 0.736. The number of H-pyrrole nitrogens is 1. The second-order valence-electron chi connectivity index (χ2n) is 3.97. The molecule has 11 heteroatoms. The van der Waals surface area contributed by atoms with Gasteiger partial charge in [-0.15, -0.1) is 0 Å². The molecule has 3 heterocycles. The number of nitrogens with one attached hydrogen (secondary N) is 1. The maximum atomic E-state index is 12.9. The predicted molar refractivity (Wildman–Crippen MR) is 75.1 cm³/mol. The van der Waals surface area contributed by atoms with E-state index >= 15 is 0 Å². The molecule has 0 aliphatic heterocycles. The molecule has 0 radical (unpaired) electrons. The zero-order valence-corrected chi connectivity index (χ0v) is 12.6. The van der Waals surface area contributed by atoms with Gasteiger partial charge in [-0.05, 0) is 23.7 Å². The van der Waals surface area contributed by atoms with Gasteiger partial charge in [-0.2, -0.15) is 18.2 Å². The van der Waals surface area contributed by atoms with E-state index < -0.39 is 11.9 Å². The monoisotopic (exact) mass is 365 g/mol. The molecule has 1 N–H and O–H groups in total. The van der Waals surface area contributed by atoms with Gasteiger partial charge in [-0.1, -0.05) is 23.4 Å². The van der Waals surface area contributed by atoms with Crippen molar-refractivity contribution in [3.63, 3.8) is 0 Å². The van der Waals surface area contributed by atoms with Gasteiger partial charge < -0.3 is 4.98 Å². The fourth-order valence-electron chi connectivity index (χ4n) is 1.63. The van der Waals surface area contributed by atoms with Crippen molar-refractivity contribution in [2.24, 2.45) is 0 Å². The Bertz CT molecular complexity index is 851. The number of halogens is 5. The molecule has 3 aromatic heterocycles. The van der Waals surface area contributed by atoms with Crippen LogP contribution in [0.15, 0.2) is 28.3 Å². The van der Waals surface area contributed by atoms with E-state index in [0.29, 0.717) is 11.8 Å². The highest BCUT2D eigenvalue weighted by atomic mass is 35.5. The third-order valence-electron chi connectivity index (χ3n) is 2.48. The lowest BCUT2D eigenvalue weighted by molar-refractivity contribution is -0.143. The fourth-order valence-corrected chi connectivity index (χ4v) is 2.92. The molecule has 0 saturated heterocycles. The molecule has 0 atom stereocenters. The summed E-state index contributed by atoms with van der Waals surface area (Å²) in [6, 6.07) is 2.67. The van der Waals surface area contributed by atoms with Gasteiger partial charge in [0.15, 0.2) is 22.1 Å². The van der Waals surface area contributed by atoms with Crippen LogP contribution in [0, 0.1) is 0 Å². The van der Waals surface area contributed by atoms with Crippen LogP contribution < -0.4 is 0 Å². The van der Waals surface area contributed by atoms with Gasteiger partial charge in [0, 0.05) is 11.1 Å². The number of hydrogen-bond donors (Lipinski definition) is 1. The Morgan fingerprint density at radius 2 is 1.91 bits per heavy atom. The number of rotatable bonds is 2. The molecule has 0 bridgehead atoms. The van der Waals surface area contributed by atoms with E-state index in [0.717, 1.165) is 6.20 Å². The third kappa shape index (κ3) is 2.96. The molecule has 5 nitrogen and oxygen atoms in total. The zero-order chi connectivity index (χ0) is 15.9. The van der Waals surface area contributed by atoms with Crippen molar-refractivity contribution in [2.75, 3.05) is 0 Å². The molecule has 0 amide bonds. The van der Waals surface area contributed by atoms with E-state index in [2.05, 4.69) is 24.9 Å². The van der Waals surface area contributed by atoms with Gasteiger partial charge in [0.05, 0.1) is 0 Å². The van der Waals surface area contributed by atoms with Gasteiger partial charge >= 0.3 is 6.18 Å². The number of aromatic nitrogens is 5. The average Bonchev–Trinajstić information content (AvgIpc) is 2.78. The second kappa shape index (κ2) is 5.56. The van der Waals surface area contributed by atoms with E-state index in [9.17, 15) is 13.2 Å². The number of fused-ring (bicyclic) bond motifs is 1. The number of imidazole rings is 1. The topological polar surface area (TPSA) is 67.3 Å². The minimum Gasteiger partial charge on any atom is -0.312 e. The van der Waals surface area contributed by atoms with E-state index in [-0.39, 0.29) is 31.7 Å². The molecular formula is C11H4Cl2F3N5S. The summed E-state index contributed by atoms with van der Waals surface area (Å²) in [6.45, 7) is 0. The summed E-state index contributed by atoms with van der Waals surface area (Å²) in [7, 11) is 0. The Balaban J connectivity index is 2.05. The van der Waals surface area contributed by atoms with Crippen molar-refractivity contribution in [1.82, 2.24) is 24.9 Å². The summed E-state index contributed by atoms with van der Waals surface area (Å²) in [5.74, 6) is 0. The van der Waals surface area contributed by atoms with E-state index in [1.807, 2.05) is 0 Å². The van der Waals surface area contributed by atoms with Crippen molar-refractivity contribution >= 4 is 46.3 Å². The number of aromatic amines is 1. The first-order valence-electron chi connectivity index (χ1n) is 5.63. The van der Waals surface area contributed by atoms with Gasteiger partial charge in [-0.3, -0.25) is 4.98 Å². The molecular weight excluding hydrogens is 362 g/mol. The summed E-state index contributed by atoms with van der Waals surface area (Å²) in [5, 5.41) is 0.0798. The predicted octanol–water partition coefficient (Wildman–Crippen LogP) is 4.22. The Labute approximate surface area is 135 Å². The van der Waals surface area contributed by atoms with Crippen LogP contribution in [0.1, 0.15) is 5.69 Å². The van der Waals surface area contributed by atoms with Crippen molar-refractivity contribution in [1.29, 1.82) is 0 Å². The van der Waals surface area contributed by atoms with E-state index in [1.165, 1.54) is 12.1 Å². The lowest BCUT2D eigenvalue weighted by Gasteiger charge is -2.10. The minimum absolute atomic E-state index is 0.0604. The molecule has 114 valence electrons. The van der Waals surface area contributed by atoms with E-state index in [1.54, 1.807) is 0 Å². The number of nitrogens with zero attached hydrogens (tertiary/aromatic N) is 4. The first kappa shape index (κ1) is 15.3. The lowest BCUT2D eigenvalue weighted by atomic mass is 10.3. The molecule has 3 aromatic rings. The van der Waals surface area contributed by atoms with Crippen molar-refractivity contribution in [2.45, 2.75) is 16.1 Å². The van der Waals surface area contributed by atoms with Crippen LogP contribution in [0.25, 0.3) is 11.3 Å². The standard InChI is InChI=1S/C11H4Cl2F3N5S/c12-6-9(19-8-7(18-6)20-10(13)21-8)22-4-2-1-3-17-5(4)11(14,15)16/h1-3H,(H,18,19,20,21). The highest BCUT2D eigenvalue weighted by Crippen LogP contribution is 2.39. The first-order valence-corrected chi connectivity index (χ1v) is 7.20. The summed E-state index contributed by atoms with van der Waals surface area (Å²) in [4.78, 5) is 17.7. The van der Waals surface area contributed by atoms with Crippen LogP contribution in [-0.2, 0) is 6.18 Å². The first-order chi connectivity index (χ1) is 10.3. The van der Waals surface area contributed by atoms with Crippen LogP contribution in [0.3, 0.4) is 0 Å². The SMILES string of the molecule is FC(F)(F)c1ncccc1Sc1nc2nc(Cl)[nH]c2nc1Cl. The molecule has 0 saturated carbocycles. The summed E-state index contributed by atoms with van der Waals surface area (Å²) >= 11 is 12.3. The second-order valence-corrected chi connectivity index (χ2v) is 5.72. The van der Waals surface area contributed by atoms with Gasteiger partial charge in [0.25, 0.3) is 0 Å². The van der Waals surface area contributed by atoms with Gasteiger partial charge in [0.1, 0.15) is 5.03 Å². The summed E-state index contributed by atoms with van der Waals surface area (Å²) in [6.07, 6.45) is -3.51. The highest BCUT2D eigenvalue weighted by molar-refractivity contribution is 7.99. The molecule has 0 unspecified atom stereocenters. The maximum Gasteiger partial charge on any atom is 0.434 e. The van der Waals surface area contributed by atoms with Crippen LogP contribution in [0.2, 0.25) is 10.4 Å².